The van der Waals surface area contributed by atoms with Gasteiger partial charge >= 0.3 is 5.69 Å². The Kier molecular flexibility index (Phi) is 5.19. The number of nitrogens with one attached hydrogen (secondary N) is 3. The van der Waals surface area contributed by atoms with E-state index in [1.807, 2.05) is 0 Å². The first-order valence-electron chi connectivity index (χ1n) is 2.93. The Bertz CT molecular complexity index is 499. The number of hydrogen-bond donors (Lipinski definition) is 3. The Morgan fingerprint density at radius 1 is 1.15 bits per heavy atom. The van der Waals surface area contributed by atoms with E-state index in [2.05, 4.69) is 19.9 Å². The van der Waals surface area contributed by atoms with Crippen molar-refractivity contribution >= 4 is 70.3 Å². The van der Waals surface area contributed by atoms with E-state index in [9.17, 15) is 9.59 Å². The summed E-state index contributed by atoms with van der Waals surface area (Å²) in [5, 5.41) is 0. The van der Waals surface area contributed by atoms with Crippen molar-refractivity contribution in [2.75, 3.05) is 0 Å². The maximum absolute atomic E-state index is 10.9. The molecular formula is C5H4N4Na2O2. The van der Waals surface area contributed by atoms with Gasteiger partial charge in [-0.15, -0.1) is 0 Å². The zero-order valence-corrected chi connectivity index (χ0v) is 11.3. The molecule has 0 spiro atoms. The van der Waals surface area contributed by atoms with Crippen LogP contribution in [0.3, 0.4) is 0 Å². The molecule has 8 heteroatoms. The van der Waals surface area contributed by atoms with Gasteiger partial charge in [-0.2, -0.15) is 0 Å². The van der Waals surface area contributed by atoms with Gasteiger partial charge in [-0.05, 0) is 0 Å². The SMILES string of the molecule is O=c1[nH]c(=O)c2[nH]cnc2[nH]1.[Na].[Na]. The number of aromatic amines is 3. The quantitative estimate of drug-likeness (QED) is 0.435. The van der Waals surface area contributed by atoms with E-state index in [0.29, 0.717) is 0 Å². The van der Waals surface area contributed by atoms with Gasteiger partial charge in [0.2, 0.25) is 0 Å². The predicted molar refractivity (Wildman–Crippen MR) is 48.8 cm³/mol. The van der Waals surface area contributed by atoms with E-state index in [-0.39, 0.29) is 70.3 Å². The summed E-state index contributed by atoms with van der Waals surface area (Å²) in [6, 6.07) is 0. The minimum absolute atomic E-state index is 0. The number of aromatic nitrogens is 4. The third-order valence-electron chi connectivity index (χ3n) is 1.33. The predicted octanol–water partition coefficient (Wildman–Crippen LogP) is -1.82. The molecule has 0 unspecified atom stereocenters. The fourth-order valence-corrected chi connectivity index (χ4v) is 0.867. The molecule has 0 aliphatic heterocycles. The zero-order valence-electron chi connectivity index (χ0n) is 7.34. The molecule has 0 aliphatic carbocycles. The van der Waals surface area contributed by atoms with Crippen molar-refractivity contribution in [3.05, 3.63) is 27.2 Å². The summed E-state index contributed by atoms with van der Waals surface area (Å²) >= 11 is 0. The summed E-state index contributed by atoms with van der Waals surface area (Å²) in [7, 11) is 0. The minimum atomic E-state index is -0.547. The minimum Gasteiger partial charge on any atom is -0.339 e. The number of H-pyrrole nitrogens is 3. The summed E-state index contributed by atoms with van der Waals surface area (Å²) in [6.45, 7) is 0. The first-order chi connectivity index (χ1) is 5.27. The second-order valence-corrected chi connectivity index (χ2v) is 2.03. The largest absolute Gasteiger partial charge is 0.339 e. The number of hydrogen-bond acceptors (Lipinski definition) is 3. The standard InChI is InChI=1S/C5H4N4O2.2Na/c10-4-2-3(7-1-6-2)8-5(11)9-4;;/h1H,(H3,6,7,8,9,10,11);;. The van der Waals surface area contributed by atoms with Gasteiger partial charge in [0, 0.05) is 59.1 Å². The van der Waals surface area contributed by atoms with Gasteiger partial charge in [0.1, 0.15) is 5.52 Å². The molecule has 2 aromatic heterocycles. The molecule has 0 bridgehead atoms. The molecule has 0 aliphatic rings. The Hall–Kier alpha value is 0.150. The van der Waals surface area contributed by atoms with Gasteiger partial charge in [-0.1, -0.05) is 0 Å². The number of imidazole rings is 1. The van der Waals surface area contributed by atoms with Gasteiger partial charge in [0.05, 0.1) is 6.33 Å². The van der Waals surface area contributed by atoms with Crippen LogP contribution in [0.2, 0.25) is 0 Å². The fraction of sp³-hybridized carbons (Fsp3) is 0. The molecule has 13 heavy (non-hydrogen) atoms. The molecule has 2 heterocycles. The van der Waals surface area contributed by atoms with Crippen LogP contribution in [0.15, 0.2) is 15.9 Å². The van der Waals surface area contributed by atoms with Gasteiger partial charge in [-0.25, -0.2) is 9.78 Å². The van der Waals surface area contributed by atoms with Crippen molar-refractivity contribution in [2.45, 2.75) is 0 Å². The molecule has 0 saturated carbocycles. The van der Waals surface area contributed by atoms with Gasteiger partial charge in [-0.3, -0.25) is 14.8 Å². The normalized spacial score (nSPS) is 8.92. The molecule has 3 N–H and O–H groups in total. The van der Waals surface area contributed by atoms with Crippen LogP contribution in [-0.4, -0.2) is 79.1 Å². The third kappa shape index (κ3) is 2.55. The van der Waals surface area contributed by atoms with E-state index in [0.717, 1.165) is 0 Å². The first-order valence-corrected chi connectivity index (χ1v) is 2.93. The Balaban J connectivity index is 0.000000720. The smallest absolute Gasteiger partial charge is 0.327 e. The number of nitrogens with zero attached hydrogens (tertiary/aromatic N) is 1. The summed E-state index contributed by atoms with van der Waals surface area (Å²) in [4.78, 5) is 32.3. The summed E-state index contributed by atoms with van der Waals surface area (Å²) < 4.78 is 0. The molecule has 0 saturated heterocycles. The van der Waals surface area contributed by atoms with Crippen LogP contribution in [0.4, 0.5) is 0 Å². The second-order valence-electron chi connectivity index (χ2n) is 2.03. The zero-order chi connectivity index (χ0) is 7.84. The van der Waals surface area contributed by atoms with Crippen molar-refractivity contribution in [3.8, 4) is 0 Å². The third-order valence-corrected chi connectivity index (χ3v) is 1.33. The van der Waals surface area contributed by atoms with Crippen LogP contribution in [0.25, 0.3) is 11.2 Å². The average molecular weight is 198 g/mol. The van der Waals surface area contributed by atoms with Crippen molar-refractivity contribution in [1.29, 1.82) is 0 Å². The van der Waals surface area contributed by atoms with E-state index in [1.54, 1.807) is 0 Å². The maximum Gasteiger partial charge on any atom is 0.327 e. The monoisotopic (exact) mass is 198 g/mol. The van der Waals surface area contributed by atoms with Gasteiger partial charge < -0.3 is 4.98 Å². The first kappa shape index (κ1) is 13.2. The molecule has 0 fully saturated rings. The molecule has 2 rings (SSSR count). The maximum atomic E-state index is 10.9. The van der Waals surface area contributed by atoms with Crippen LogP contribution in [0.5, 0.6) is 0 Å². The number of fused-ring (bicyclic) bond motifs is 1. The molecule has 6 nitrogen and oxygen atoms in total. The Morgan fingerprint density at radius 3 is 2.54 bits per heavy atom. The molecule has 2 radical (unpaired) electrons. The molecule has 2 aromatic rings. The van der Waals surface area contributed by atoms with Crippen LogP contribution >= 0.6 is 0 Å². The van der Waals surface area contributed by atoms with Gasteiger partial charge in [0.25, 0.3) is 5.56 Å². The Morgan fingerprint density at radius 2 is 1.85 bits per heavy atom. The molecule has 58 valence electrons. The molecular weight excluding hydrogens is 194 g/mol. The van der Waals surface area contributed by atoms with Gasteiger partial charge in [0.15, 0.2) is 5.65 Å². The Labute approximate surface area is 116 Å². The average Bonchev–Trinajstić information content (AvgIpc) is 2.34. The summed E-state index contributed by atoms with van der Waals surface area (Å²) in [5.74, 6) is 0. The topological polar surface area (TPSA) is 94.4 Å². The second kappa shape index (κ2) is 5.14. The van der Waals surface area contributed by atoms with E-state index < -0.39 is 11.2 Å². The summed E-state index contributed by atoms with van der Waals surface area (Å²) in [6.07, 6.45) is 1.34. The molecule has 0 amide bonds. The van der Waals surface area contributed by atoms with Crippen LogP contribution in [-0.2, 0) is 0 Å². The van der Waals surface area contributed by atoms with E-state index in [1.165, 1.54) is 6.33 Å². The number of rotatable bonds is 0. The van der Waals surface area contributed by atoms with Crippen molar-refractivity contribution in [3.63, 3.8) is 0 Å². The molecule has 0 atom stereocenters. The van der Waals surface area contributed by atoms with E-state index in [4.69, 9.17) is 0 Å². The van der Waals surface area contributed by atoms with Crippen LogP contribution in [0, 0.1) is 0 Å². The molecule has 0 aromatic carbocycles. The van der Waals surface area contributed by atoms with Crippen molar-refractivity contribution < 1.29 is 0 Å². The van der Waals surface area contributed by atoms with Crippen molar-refractivity contribution in [2.24, 2.45) is 0 Å². The summed E-state index contributed by atoms with van der Waals surface area (Å²) in [5.41, 5.74) is -0.445. The fourth-order valence-electron chi connectivity index (χ4n) is 0.867. The van der Waals surface area contributed by atoms with Crippen LogP contribution < -0.4 is 11.2 Å². The van der Waals surface area contributed by atoms with Crippen LogP contribution in [0.1, 0.15) is 0 Å². The van der Waals surface area contributed by atoms with Crippen molar-refractivity contribution in [1.82, 2.24) is 19.9 Å². The van der Waals surface area contributed by atoms with E-state index >= 15 is 0 Å².